The Labute approximate surface area is 186 Å². The molecule has 0 aliphatic carbocycles. The molecule has 32 heavy (non-hydrogen) atoms. The number of aromatic nitrogens is 1. The lowest BCUT2D eigenvalue weighted by Crippen LogP contribution is -2.56. The van der Waals surface area contributed by atoms with Crippen molar-refractivity contribution >= 4 is 23.2 Å². The molecule has 2 heterocycles. The number of aliphatic imine (C=N–C) groups is 1. The molecule has 7 N–H and O–H groups in total. The fraction of sp³-hybridized carbons (Fsp3) is 0.318. The van der Waals surface area contributed by atoms with Gasteiger partial charge in [0.15, 0.2) is 11.6 Å². The molecule has 1 aliphatic heterocycles. The first-order valence-corrected chi connectivity index (χ1v) is 10.2. The van der Waals surface area contributed by atoms with E-state index in [2.05, 4.69) is 20.2 Å². The molecule has 1 aliphatic rings. The summed E-state index contributed by atoms with van der Waals surface area (Å²) in [6.45, 7) is 1.73. The Morgan fingerprint density at radius 3 is 2.56 bits per heavy atom. The van der Waals surface area contributed by atoms with Crippen LogP contribution in [0.1, 0.15) is 12.8 Å². The van der Waals surface area contributed by atoms with Crippen LogP contribution in [-0.2, 0) is 4.79 Å². The molecule has 10 heteroatoms. The fourth-order valence-corrected chi connectivity index (χ4v) is 3.54. The average Bonchev–Trinajstić information content (AvgIpc) is 2.81. The Bertz CT molecular complexity index is 1000. The normalized spacial score (nSPS) is 16.5. The molecule has 1 amide bonds. The van der Waals surface area contributed by atoms with Crippen LogP contribution in [-0.4, -0.2) is 49.0 Å². The van der Waals surface area contributed by atoms with Crippen molar-refractivity contribution in [2.75, 3.05) is 31.6 Å². The molecule has 1 aromatic carbocycles. The van der Waals surface area contributed by atoms with Gasteiger partial charge >= 0.3 is 0 Å². The largest absolute Gasteiger partial charge is 0.493 e. The lowest BCUT2D eigenvalue weighted by atomic mass is 9.87. The number of methoxy groups -OCH3 is 1. The number of carbonyl (C=O) groups is 1. The molecule has 0 bridgehead atoms. The van der Waals surface area contributed by atoms with Crippen LogP contribution in [0.4, 0.5) is 15.9 Å². The quantitative estimate of drug-likeness (QED) is 0.273. The number of benzene rings is 1. The number of amides is 1. The molecular weight excluding hydrogens is 413 g/mol. The topological polar surface area (TPSA) is 145 Å². The van der Waals surface area contributed by atoms with Gasteiger partial charge in [-0.05, 0) is 49.2 Å². The summed E-state index contributed by atoms with van der Waals surface area (Å²) < 4.78 is 18.5. The highest BCUT2D eigenvalue weighted by Gasteiger charge is 2.34. The summed E-state index contributed by atoms with van der Waals surface area (Å²) in [5, 5.41) is 3.26. The Balaban J connectivity index is 1.74. The van der Waals surface area contributed by atoms with Crippen molar-refractivity contribution in [1.29, 1.82) is 0 Å². The number of rotatable bonds is 8. The van der Waals surface area contributed by atoms with Gasteiger partial charge in [0.05, 0.1) is 23.9 Å². The number of primary amides is 1. The van der Waals surface area contributed by atoms with Crippen LogP contribution in [0.5, 0.6) is 5.75 Å². The molecule has 9 nitrogen and oxygen atoms in total. The van der Waals surface area contributed by atoms with Crippen LogP contribution < -0.4 is 32.2 Å². The maximum atomic E-state index is 13.1. The Kier molecular flexibility index (Phi) is 7.26. The lowest BCUT2D eigenvalue weighted by molar-refractivity contribution is -0.114. The Hall–Kier alpha value is -3.66. The maximum Gasteiger partial charge on any atom is 0.253 e. The van der Waals surface area contributed by atoms with Gasteiger partial charge in [0.2, 0.25) is 0 Å². The van der Waals surface area contributed by atoms with Gasteiger partial charge in [0, 0.05) is 32.0 Å². The second kappa shape index (κ2) is 10.1. The van der Waals surface area contributed by atoms with E-state index in [1.807, 2.05) is 12.1 Å². The van der Waals surface area contributed by atoms with Gasteiger partial charge in [-0.25, -0.2) is 14.4 Å². The zero-order valence-corrected chi connectivity index (χ0v) is 17.9. The summed E-state index contributed by atoms with van der Waals surface area (Å²) in [6, 6.07) is 9.12. The fourth-order valence-electron chi connectivity index (χ4n) is 3.54. The molecule has 0 radical (unpaired) electrons. The van der Waals surface area contributed by atoms with Gasteiger partial charge in [-0.15, -0.1) is 0 Å². The average molecular weight is 442 g/mol. The summed E-state index contributed by atoms with van der Waals surface area (Å²) in [4.78, 5) is 22.7. The minimum atomic E-state index is -0.733. The minimum absolute atomic E-state index is 0.0241. The first-order valence-electron chi connectivity index (χ1n) is 10.2. The minimum Gasteiger partial charge on any atom is -0.493 e. The molecule has 0 unspecified atom stereocenters. The van der Waals surface area contributed by atoms with Crippen LogP contribution in [0.15, 0.2) is 59.4 Å². The molecule has 170 valence electrons. The summed E-state index contributed by atoms with van der Waals surface area (Å²) in [7, 11) is 1.62. The summed E-state index contributed by atoms with van der Waals surface area (Å²) >= 11 is 0. The highest BCUT2D eigenvalue weighted by atomic mass is 19.1. The van der Waals surface area contributed by atoms with Crippen LogP contribution in [0.3, 0.4) is 0 Å². The predicted molar refractivity (Wildman–Crippen MR) is 122 cm³/mol. The van der Waals surface area contributed by atoms with Crippen molar-refractivity contribution < 1.29 is 13.9 Å². The molecule has 1 fully saturated rings. The van der Waals surface area contributed by atoms with E-state index in [9.17, 15) is 9.18 Å². The van der Waals surface area contributed by atoms with E-state index in [0.717, 1.165) is 5.82 Å². The third kappa shape index (κ3) is 5.33. The van der Waals surface area contributed by atoms with E-state index in [0.29, 0.717) is 43.9 Å². The van der Waals surface area contributed by atoms with Gasteiger partial charge in [-0.3, -0.25) is 4.79 Å². The molecular formula is C22H28FN7O2. The van der Waals surface area contributed by atoms with Crippen LogP contribution in [0.25, 0.3) is 0 Å². The summed E-state index contributed by atoms with van der Waals surface area (Å²) in [6.07, 6.45) is 4.59. The highest BCUT2D eigenvalue weighted by Crippen LogP contribution is 2.30. The standard InChI is InChI=1S/C22H28FN7O2/c1-32-18-3-2-10-27-21(18)30-11-8-22(14-24,9-12-30)28-13-17(20(26)31)19(25)29-16-6-4-15(23)5-7-16/h2-7,10,13,28H,8-9,11-12,14,24H2,1H3,(H2,25,29)(H2,26,31)/b17-13+. The molecule has 0 atom stereocenters. The number of hydrogen-bond donors (Lipinski definition) is 4. The third-order valence-electron chi connectivity index (χ3n) is 5.52. The van der Waals surface area contributed by atoms with E-state index in [1.54, 1.807) is 13.3 Å². The zero-order valence-electron chi connectivity index (χ0n) is 17.9. The first-order chi connectivity index (χ1) is 15.4. The number of ether oxygens (including phenoxy) is 1. The monoisotopic (exact) mass is 441 g/mol. The number of pyridine rings is 1. The second-order valence-corrected chi connectivity index (χ2v) is 7.54. The van der Waals surface area contributed by atoms with Gasteiger partial charge in [0.1, 0.15) is 11.7 Å². The number of halogens is 1. The van der Waals surface area contributed by atoms with Gasteiger partial charge in [-0.1, -0.05) is 0 Å². The number of hydrogen-bond acceptors (Lipinski definition) is 7. The molecule has 0 saturated carbocycles. The zero-order chi connectivity index (χ0) is 23.1. The predicted octanol–water partition coefficient (Wildman–Crippen LogP) is 1.17. The van der Waals surface area contributed by atoms with Gasteiger partial charge in [-0.2, -0.15) is 0 Å². The maximum absolute atomic E-state index is 13.1. The van der Waals surface area contributed by atoms with Crippen LogP contribution in [0, 0.1) is 5.82 Å². The third-order valence-corrected chi connectivity index (χ3v) is 5.52. The van der Waals surface area contributed by atoms with E-state index in [-0.39, 0.29) is 11.4 Å². The second-order valence-electron chi connectivity index (χ2n) is 7.54. The molecule has 1 aromatic heterocycles. The molecule has 2 aromatic rings. The molecule has 1 saturated heterocycles. The highest BCUT2D eigenvalue weighted by molar-refractivity contribution is 6.20. The van der Waals surface area contributed by atoms with Crippen LogP contribution >= 0.6 is 0 Å². The van der Waals surface area contributed by atoms with Crippen molar-refractivity contribution in [3.63, 3.8) is 0 Å². The summed E-state index contributed by atoms with van der Waals surface area (Å²) in [5.74, 6) is 0.295. The van der Waals surface area contributed by atoms with E-state index in [4.69, 9.17) is 21.9 Å². The number of carbonyl (C=O) groups excluding carboxylic acids is 1. The van der Waals surface area contributed by atoms with Gasteiger partial charge < -0.3 is 32.2 Å². The first kappa shape index (κ1) is 23.0. The van der Waals surface area contributed by atoms with Crippen molar-refractivity contribution in [2.24, 2.45) is 22.2 Å². The number of nitrogens with one attached hydrogen (secondary N) is 1. The lowest BCUT2D eigenvalue weighted by Gasteiger charge is -2.42. The van der Waals surface area contributed by atoms with E-state index < -0.39 is 17.3 Å². The number of nitrogens with zero attached hydrogens (tertiary/aromatic N) is 3. The van der Waals surface area contributed by atoms with Gasteiger partial charge in [0.25, 0.3) is 5.91 Å². The van der Waals surface area contributed by atoms with E-state index in [1.165, 1.54) is 30.5 Å². The van der Waals surface area contributed by atoms with Crippen LogP contribution in [0.2, 0.25) is 0 Å². The number of nitrogens with two attached hydrogens (primary N) is 3. The van der Waals surface area contributed by atoms with Crippen molar-refractivity contribution in [2.45, 2.75) is 18.4 Å². The SMILES string of the molecule is COc1cccnc1N1CCC(CN)(N/C=C(/C(N)=O)C(N)=Nc2ccc(F)cc2)CC1. The Morgan fingerprint density at radius 2 is 1.97 bits per heavy atom. The number of anilines is 1. The smallest absolute Gasteiger partial charge is 0.253 e. The van der Waals surface area contributed by atoms with Crippen molar-refractivity contribution in [3.05, 3.63) is 60.2 Å². The Morgan fingerprint density at radius 1 is 1.28 bits per heavy atom. The number of amidine groups is 1. The van der Waals surface area contributed by atoms with Crippen molar-refractivity contribution in [3.8, 4) is 5.75 Å². The number of piperidine rings is 1. The molecule has 3 rings (SSSR count). The van der Waals surface area contributed by atoms with Crippen molar-refractivity contribution in [1.82, 2.24) is 10.3 Å². The van der Waals surface area contributed by atoms with E-state index >= 15 is 0 Å². The molecule has 0 spiro atoms. The summed E-state index contributed by atoms with van der Waals surface area (Å²) in [5.41, 5.74) is 17.6.